The van der Waals surface area contributed by atoms with Crippen molar-refractivity contribution in [1.29, 1.82) is 0 Å². The summed E-state index contributed by atoms with van der Waals surface area (Å²) in [6.45, 7) is 1.77. The van der Waals surface area contributed by atoms with Crippen molar-refractivity contribution in [2.45, 2.75) is 6.92 Å². The third-order valence-electron chi connectivity index (χ3n) is 2.01. The maximum absolute atomic E-state index is 11.3. The van der Waals surface area contributed by atoms with Gasteiger partial charge < -0.3 is 4.98 Å². The molecule has 0 unspecified atom stereocenters. The van der Waals surface area contributed by atoms with Gasteiger partial charge in [-0.2, -0.15) is 0 Å². The summed E-state index contributed by atoms with van der Waals surface area (Å²) in [5, 5.41) is 0. The topological polar surface area (TPSA) is 45.8 Å². The lowest BCUT2D eigenvalue weighted by Gasteiger charge is -2.03. The summed E-state index contributed by atoms with van der Waals surface area (Å²) >= 11 is 3.43. The van der Waals surface area contributed by atoms with Crippen LogP contribution < -0.4 is 5.56 Å². The van der Waals surface area contributed by atoms with Crippen LogP contribution in [-0.2, 0) is 0 Å². The van der Waals surface area contributed by atoms with E-state index in [0.717, 1.165) is 10.0 Å². The van der Waals surface area contributed by atoms with Crippen LogP contribution in [0.1, 0.15) is 5.82 Å². The Kier molecular flexibility index (Phi) is 2.68. The molecular weight excluding hydrogens is 256 g/mol. The number of hydrogen-bond donors (Lipinski definition) is 1. The summed E-state index contributed by atoms with van der Waals surface area (Å²) in [4.78, 5) is 18.2. The molecule has 0 atom stereocenters. The third kappa shape index (κ3) is 2.15. The van der Waals surface area contributed by atoms with Gasteiger partial charge >= 0.3 is 0 Å². The number of rotatable bonds is 1. The maximum atomic E-state index is 11.3. The second-order valence-electron chi connectivity index (χ2n) is 3.20. The van der Waals surface area contributed by atoms with Crippen LogP contribution in [-0.4, -0.2) is 9.97 Å². The van der Waals surface area contributed by atoms with E-state index in [1.807, 2.05) is 24.3 Å². The SMILES string of the molecule is Cc1nc(-c2ccccc2Br)cc(=O)[nH]1. The number of nitrogens with one attached hydrogen (secondary N) is 1. The Hall–Kier alpha value is -1.42. The molecule has 0 aliphatic heterocycles. The largest absolute Gasteiger partial charge is 0.311 e. The van der Waals surface area contributed by atoms with Gasteiger partial charge in [0.15, 0.2) is 0 Å². The molecule has 15 heavy (non-hydrogen) atoms. The minimum Gasteiger partial charge on any atom is -0.311 e. The Morgan fingerprint density at radius 1 is 1.33 bits per heavy atom. The van der Waals surface area contributed by atoms with Gasteiger partial charge in [-0.15, -0.1) is 0 Å². The molecule has 4 heteroatoms. The third-order valence-corrected chi connectivity index (χ3v) is 2.70. The number of aromatic amines is 1. The van der Waals surface area contributed by atoms with Crippen LogP contribution in [0.15, 0.2) is 39.6 Å². The molecule has 0 spiro atoms. The number of benzene rings is 1. The first-order valence-electron chi connectivity index (χ1n) is 4.50. The molecule has 0 bridgehead atoms. The molecule has 1 N–H and O–H groups in total. The molecule has 1 aromatic carbocycles. The number of H-pyrrole nitrogens is 1. The molecule has 0 radical (unpaired) electrons. The second-order valence-corrected chi connectivity index (χ2v) is 4.05. The molecule has 0 saturated carbocycles. The fourth-order valence-electron chi connectivity index (χ4n) is 1.39. The van der Waals surface area contributed by atoms with Crippen LogP contribution in [0.2, 0.25) is 0 Å². The number of aromatic nitrogens is 2. The Morgan fingerprint density at radius 3 is 2.73 bits per heavy atom. The number of aryl methyl sites for hydroxylation is 1. The van der Waals surface area contributed by atoms with Crippen molar-refractivity contribution in [3.8, 4) is 11.3 Å². The summed E-state index contributed by atoms with van der Waals surface area (Å²) in [5.74, 6) is 0.619. The molecular formula is C11H9BrN2O. The lowest BCUT2D eigenvalue weighted by Crippen LogP contribution is -2.08. The van der Waals surface area contributed by atoms with Crippen molar-refractivity contribution in [1.82, 2.24) is 9.97 Å². The average Bonchev–Trinajstić information content (AvgIpc) is 2.16. The molecule has 0 amide bonds. The van der Waals surface area contributed by atoms with E-state index in [-0.39, 0.29) is 5.56 Å². The molecule has 1 aromatic heterocycles. The molecule has 3 nitrogen and oxygen atoms in total. The van der Waals surface area contributed by atoms with Gasteiger partial charge in [0.1, 0.15) is 5.82 Å². The number of hydrogen-bond acceptors (Lipinski definition) is 2. The lowest BCUT2D eigenvalue weighted by atomic mass is 10.1. The normalized spacial score (nSPS) is 10.3. The number of halogens is 1. The zero-order valence-electron chi connectivity index (χ0n) is 8.12. The molecule has 2 rings (SSSR count). The number of nitrogens with zero attached hydrogens (tertiary/aromatic N) is 1. The van der Waals surface area contributed by atoms with Crippen molar-refractivity contribution in [2.24, 2.45) is 0 Å². The molecule has 0 aliphatic rings. The van der Waals surface area contributed by atoms with Gasteiger partial charge in [0.2, 0.25) is 0 Å². The zero-order valence-corrected chi connectivity index (χ0v) is 9.71. The average molecular weight is 265 g/mol. The summed E-state index contributed by atoms with van der Waals surface area (Å²) < 4.78 is 0.933. The monoisotopic (exact) mass is 264 g/mol. The predicted molar refractivity (Wildman–Crippen MR) is 62.7 cm³/mol. The van der Waals surface area contributed by atoms with Crippen molar-refractivity contribution < 1.29 is 0 Å². The molecule has 1 heterocycles. The minimum absolute atomic E-state index is 0.131. The highest BCUT2D eigenvalue weighted by molar-refractivity contribution is 9.10. The Morgan fingerprint density at radius 2 is 2.07 bits per heavy atom. The van der Waals surface area contributed by atoms with Gasteiger partial charge in [0.25, 0.3) is 5.56 Å². The van der Waals surface area contributed by atoms with Crippen LogP contribution in [0.25, 0.3) is 11.3 Å². The zero-order chi connectivity index (χ0) is 10.8. The first-order chi connectivity index (χ1) is 7.16. The second kappa shape index (κ2) is 3.98. The molecule has 2 aromatic rings. The summed E-state index contributed by atoms with van der Waals surface area (Å²) in [7, 11) is 0. The van der Waals surface area contributed by atoms with E-state index >= 15 is 0 Å². The van der Waals surface area contributed by atoms with Gasteiger partial charge in [-0.1, -0.05) is 34.1 Å². The fourth-order valence-corrected chi connectivity index (χ4v) is 1.87. The van der Waals surface area contributed by atoms with E-state index in [1.165, 1.54) is 6.07 Å². The van der Waals surface area contributed by atoms with Crippen LogP contribution >= 0.6 is 15.9 Å². The van der Waals surface area contributed by atoms with E-state index in [0.29, 0.717) is 11.5 Å². The minimum atomic E-state index is -0.131. The van der Waals surface area contributed by atoms with Gasteiger partial charge in [0.05, 0.1) is 5.69 Å². The van der Waals surface area contributed by atoms with E-state index in [9.17, 15) is 4.79 Å². The van der Waals surface area contributed by atoms with Gasteiger partial charge in [0, 0.05) is 16.1 Å². The van der Waals surface area contributed by atoms with E-state index in [1.54, 1.807) is 6.92 Å². The Balaban J connectivity index is 2.64. The predicted octanol–water partition coefficient (Wildman–Crippen LogP) is 2.51. The van der Waals surface area contributed by atoms with Crippen LogP contribution in [0.4, 0.5) is 0 Å². The summed E-state index contributed by atoms with van der Waals surface area (Å²) in [5.41, 5.74) is 1.48. The van der Waals surface area contributed by atoms with Crippen molar-refractivity contribution in [3.05, 3.63) is 51.0 Å². The van der Waals surface area contributed by atoms with Crippen molar-refractivity contribution >= 4 is 15.9 Å². The van der Waals surface area contributed by atoms with Crippen LogP contribution in [0, 0.1) is 6.92 Å². The molecule has 0 saturated heterocycles. The maximum Gasteiger partial charge on any atom is 0.251 e. The van der Waals surface area contributed by atoms with Gasteiger partial charge in [-0.3, -0.25) is 4.79 Å². The summed E-state index contributed by atoms with van der Waals surface area (Å²) in [6, 6.07) is 9.18. The Labute approximate surface area is 95.3 Å². The van der Waals surface area contributed by atoms with Crippen LogP contribution in [0.5, 0.6) is 0 Å². The van der Waals surface area contributed by atoms with Crippen molar-refractivity contribution in [3.63, 3.8) is 0 Å². The smallest absolute Gasteiger partial charge is 0.251 e. The highest BCUT2D eigenvalue weighted by atomic mass is 79.9. The molecule has 76 valence electrons. The highest BCUT2D eigenvalue weighted by Crippen LogP contribution is 2.25. The Bertz CT molecular complexity index is 548. The van der Waals surface area contributed by atoms with Gasteiger partial charge in [-0.05, 0) is 13.0 Å². The highest BCUT2D eigenvalue weighted by Gasteiger charge is 2.04. The lowest BCUT2D eigenvalue weighted by molar-refractivity contribution is 1.02. The summed E-state index contributed by atoms with van der Waals surface area (Å²) in [6.07, 6.45) is 0. The van der Waals surface area contributed by atoms with E-state index in [2.05, 4.69) is 25.9 Å². The first-order valence-corrected chi connectivity index (χ1v) is 5.29. The quantitative estimate of drug-likeness (QED) is 0.861. The standard InChI is InChI=1S/C11H9BrN2O/c1-7-13-10(6-11(15)14-7)8-4-2-3-5-9(8)12/h2-6H,1H3,(H,13,14,15). The van der Waals surface area contributed by atoms with Crippen molar-refractivity contribution in [2.75, 3.05) is 0 Å². The molecule has 0 fully saturated rings. The molecule has 0 aliphatic carbocycles. The van der Waals surface area contributed by atoms with E-state index < -0.39 is 0 Å². The van der Waals surface area contributed by atoms with Gasteiger partial charge in [-0.25, -0.2) is 4.98 Å². The first kappa shape index (κ1) is 10.1. The fraction of sp³-hybridized carbons (Fsp3) is 0.0909. The van der Waals surface area contributed by atoms with Crippen LogP contribution in [0.3, 0.4) is 0 Å². The van der Waals surface area contributed by atoms with E-state index in [4.69, 9.17) is 0 Å².